The van der Waals surface area contributed by atoms with E-state index in [1.807, 2.05) is 0 Å². The fraction of sp³-hybridized carbons (Fsp3) is 0.250. The Hall–Kier alpha value is -2.98. The Morgan fingerprint density at radius 1 is 1.12 bits per heavy atom. The Kier molecular flexibility index (Phi) is 6.85. The number of halogens is 5. The number of ether oxygens (including phenoxy) is 2. The van der Waals surface area contributed by atoms with Crippen molar-refractivity contribution in [3.63, 3.8) is 0 Å². The number of hydrogen-bond donors (Lipinski definition) is 1. The summed E-state index contributed by atoms with van der Waals surface area (Å²) in [7, 11) is 2.67. The number of methoxy groups -OCH3 is 2. The summed E-state index contributed by atoms with van der Waals surface area (Å²) in [6, 6.07) is 4.05. The summed E-state index contributed by atoms with van der Waals surface area (Å²) >= 11 is 12.8. The van der Waals surface area contributed by atoms with Crippen LogP contribution in [0.4, 0.5) is 13.2 Å². The maximum absolute atomic E-state index is 13.4. The lowest BCUT2D eigenvalue weighted by Crippen LogP contribution is -2.29. The van der Waals surface area contributed by atoms with Gasteiger partial charge in [-0.25, -0.2) is 0 Å². The summed E-state index contributed by atoms with van der Waals surface area (Å²) < 4.78 is 51.0. The molecule has 0 fully saturated rings. The van der Waals surface area contributed by atoms with Crippen molar-refractivity contribution in [1.82, 2.24) is 14.9 Å². The molecule has 1 aromatic carbocycles. The Balaban J connectivity index is 2.39. The van der Waals surface area contributed by atoms with Gasteiger partial charge in [-0.05, 0) is 12.1 Å². The van der Waals surface area contributed by atoms with Crippen LogP contribution >= 0.6 is 23.2 Å². The van der Waals surface area contributed by atoms with Crippen LogP contribution in [0.15, 0.2) is 29.2 Å². The highest BCUT2D eigenvalue weighted by molar-refractivity contribution is 6.41. The topological polar surface area (TPSA) is 82.4 Å². The van der Waals surface area contributed by atoms with E-state index in [4.69, 9.17) is 32.7 Å². The van der Waals surface area contributed by atoms with Gasteiger partial charge in [-0.2, -0.15) is 13.2 Å². The van der Waals surface area contributed by atoms with Crippen molar-refractivity contribution >= 4 is 40.5 Å². The van der Waals surface area contributed by atoms with Crippen LogP contribution in [0.25, 0.3) is 22.0 Å². The van der Waals surface area contributed by atoms with Gasteiger partial charge in [0, 0.05) is 23.2 Å². The predicted octanol–water partition coefficient (Wildman–Crippen LogP) is 4.20. The third-order valence-corrected chi connectivity index (χ3v) is 5.33. The van der Waals surface area contributed by atoms with Gasteiger partial charge < -0.3 is 14.8 Å². The molecule has 0 atom stereocenters. The number of fused-ring (bicyclic) bond motifs is 1. The van der Waals surface area contributed by atoms with E-state index in [0.717, 1.165) is 0 Å². The maximum atomic E-state index is 13.4. The van der Waals surface area contributed by atoms with Crippen LogP contribution in [0, 0.1) is 0 Å². The van der Waals surface area contributed by atoms with Gasteiger partial charge in [-0.3, -0.25) is 19.1 Å². The maximum Gasteiger partial charge on any atom is 0.406 e. The number of rotatable bonds is 7. The highest BCUT2D eigenvalue weighted by atomic mass is 35.5. The van der Waals surface area contributed by atoms with E-state index >= 15 is 0 Å². The van der Waals surface area contributed by atoms with Crippen LogP contribution in [0.1, 0.15) is 5.69 Å². The largest absolute Gasteiger partial charge is 0.495 e. The standard InChI is InChI=1S/C20H16Cl2F3N3O4/c1-31-14-5-15(32-2)18(22)16(17(14)21)12-3-10-6-27-11(7-26-9-29)4-13(10)28(19(12)30)8-20(23,24)25/h3-6,9H,7-8H2,1-2H3,(H,26,29). The molecule has 0 saturated heterocycles. The average molecular weight is 490 g/mol. The molecule has 0 spiro atoms. The van der Waals surface area contributed by atoms with E-state index in [0.29, 0.717) is 11.0 Å². The van der Waals surface area contributed by atoms with Crippen molar-refractivity contribution in [2.75, 3.05) is 14.2 Å². The zero-order valence-electron chi connectivity index (χ0n) is 16.7. The molecule has 12 heteroatoms. The molecule has 0 unspecified atom stereocenters. The summed E-state index contributed by atoms with van der Waals surface area (Å²) in [6.07, 6.45) is -2.97. The number of nitrogens with one attached hydrogen (secondary N) is 1. The third kappa shape index (κ3) is 4.61. The van der Waals surface area contributed by atoms with Gasteiger partial charge in [0.2, 0.25) is 6.41 Å². The number of hydrogen-bond acceptors (Lipinski definition) is 5. The van der Waals surface area contributed by atoms with Gasteiger partial charge in [0.05, 0.1) is 47.6 Å². The first-order valence-electron chi connectivity index (χ1n) is 8.97. The molecule has 0 radical (unpaired) electrons. The second-order valence-corrected chi connectivity index (χ2v) is 7.34. The molecule has 0 saturated carbocycles. The van der Waals surface area contributed by atoms with Crippen molar-refractivity contribution in [2.24, 2.45) is 0 Å². The molecule has 0 aliphatic carbocycles. The van der Waals surface area contributed by atoms with Crippen molar-refractivity contribution in [2.45, 2.75) is 19.3 Å². The van der Waals surface area contributed by atoms with Crippen molar-refractivity contribution < 1.29 is 27.4 Å². The molecule has 32 heavy (non-hydrogen) atoms. The first kappa shape index (κ1) is 23.7. The molecule has 170 valence electrons. The summed E-state index contributed by atoms with van der Waals surface area (Å²) in [5.74, 6) is 0.247. The molecule has 7 nitrogen and oxygen atoms in total. The zero-order valence-corrected chi connectivity index (χ0v) is 18.2. The molecule has 1 amide bonds. The Morgan fingerprint density at radius 3 is 2.28 bits per heavy atom. The van der Waals surface area contributed by atoms with Crippen LogP contribution in [-0.2, 0) is 17.9 Å². The predicted molar refractivity (Wildman–Crippen MR) is 114 cm³/mol. The first-order chi connectivity index (χ1) is 15.1. The number of carbonyl (C=O) groups excluding carboxylic acids is 1. The minimum Gasteiger partial charge on any atom is -0.495 e. The number of benzene rings is 1. The van der Waals surface area contributed by atoms with E-state index in [-0.39, 0.29) is 55.8 Å². The van der Waals surface area contributed by atoms with Crippen molar-refractivity contribution in [3.8, 4) is 22.6 Å². The van der Waals surface area contributed by atoms with Crippen LogP contribution in [0.5, 0.6) is 11.5 Å². The molecule has 3 rings (SSSR count). The lowest BCUT2D eigenvalue weighted by Gasteiger charge is -2.18. The number of nitrogens with zero attached hydrogens (tertiary/aromatic N) is 2. The number of alkyl halides is 3. The molecular formula is C20H16Cl2F3N3O4. The monoisotopic (exact) mass is 489 g/mol. The smallest absolute Gasteiger partial charge is 0.406 e. The Morgan fingerprint density at radius 2 is 1.75 bits per heavy atom. The fourth-order valence-electron chi connectivity index (χ4n) is 3.19. The molecule has 1 N–H and O–H groups in total. The number of pyridine rings is 2. The van der Waals surface area contributed by atoms with E-state index in [1.165, 1.54) is 38.6 Å². The van der Waals surface area contributed by atoms with Crippen LogP contribution in [0.2, 0.25) is 10.0 Å². The van der Waals surface area contributed by atoms with Crippen LogP contribution in [0.3, 0.4) is 0 Å². The number of amides is 1. The van der Waals surface area contributed by atoms with E-state index in [1.54, 1.807) is 0 Å². The normalized spacial score (nSPS) is 11.5. The van der Waals surface area contributed by atoms with Crippen molar-refractivity contribution in [1.29, 1.82) is 0 Å². The molecular weight excluding hydrogens is 474 g/mol. The summed E-state index contributed by atoms with van der Waals surface area (Å²) in [5.41, 5.74) is -0.939. The summed E-state index contributed by atoms with van der Waals surface area (Å²) in [6.45, 7) is -1.58. The van der Waals surface area contributed by atoms with E-state index < -0.39 is 18.3 Å². The van der Waals surface area contributed by atoms with Crippen LogP contribution < -0.4 is 20.3 Å². The SMILES string of the molecule is COc1cc(OC)c(Cl)c(-c2cc3cnc(CNC=O)cc3n(CC(F)(F)F)c2=O)c1Cl. The van der Waals surface area contributed by atoms with Gasteiger partial charge in [-0.1, -0.05) is 23.2 Å². The Bertz CT molecular complexity index is 1220. The first-order valence-corrected chi connectivity index (χ1v) is 9.73. The highest BCUT2D eigenvalue weighted by Crippen LogP contribution is 2.45. The number of carbonyl (C=O) groups is 1. The molecule has 0 bridgehead atoms. The highest BCUT2D eigenvalue weighted by Gasteiger charge is 2.31. The second kappa shape index (κ2) is 9.25. The molecule has 0 aliphatic rings. The third-order valence-electron chi connectivity index (χ3n) is 4.58. The molecule has 0 aliphatic heterocycles. The Labute approximate surface area is 189 Å². The van der Waals surface area contributed by atoms with Gasteiger partial charge in [-0.15, -0.1) is 0 Å². The van der Waals surface area contributed by atoms with E-state index in [9.17, 15) is 22.8 Å². The average Bonchev–Trinajstić information content (AvgIpc) is 2.74. The van der Waals surface area contributed by atoms with Gasteiger partial charge in [0.15, 0.2) is 0 Å². The van der Waals surface area contributed by atoms with Gasteiger partial charge >= 0.3 is 6.18 Å². The molecule has 2 heterocycles. The molecule has 2 aromatic heterocycles. The van der Waals surface area contributed by atoms with Crippen LogP contribution in [-0.4, -0.2) is 36.4 Å². The van der Waals surface area contributed by atoms with Gasteiger partial charge in [0.25, 0.3) is 5.56 Å². The fourth-order valence-corrected chi connectivity index (χ4v) is 3.90. The second-order valence-electron chi connectivity index (χ2n) is 6.58. The number of aromatic nitrogens is 2. The molecule has 3 aromatic rings. The minimum absolute atomic E-state index is 0.0177. The van der Waals surface area contributed by atoms with Gasteiger partial charge in [0.1, 0.15) is 18.0 Å². The lowest BCUT2D eigenvalue weighted by molar-refractivity contribution is -0.140. The minimum atomic E-state index is -4.69. The van der Waals surface area contributed by atoms with Crippen molar-refractivity contribution in [3.05, 3.63) is 50.5 Å². The lowest BCUT2D eigenvalue weighted by atomic mass is 10.0. The summed E-state index contributed by atoms with van der Waals surface area (Å²) in [5, 5.41) is 2.48. The summed E-state index contributed by atoms with van der Waals surface area (Å²) in [4.78, 5) is 27.9. The zero-order chi connectivity index (χ0) is 23.6. The quantitative estimate of drug-likeness (QED) is 0.503. The van der Waals surface area contributed by atoms with E-state index in [2.05, 4.69) is 10.3 Å².